The minimum Gasteiger partial charge on any atom is -0.395 e. The van der Waals surface area contributed by atoms with Crippen LogP contribution in [0.1, 0.15) is 86.9 Å². The van der Waals surface area contributed by atoms with Crippen LogP contribution < -0.4 is 74.5 Å². The summed E-state index contributed by atoms with van der Waals surface area (Å²) in [6.07, 6.45) is -5.53. The summed E-state index contributed by atoms with van der Waals surface area (Å²) in [5, 5.41) is 29.5. The van der Waals surface area contributed by atoms with E-state index < -0.39 is 82.2 Å². The molecule has 16 rings (SSSR count). The zero-order valence-electron chi connectivity index (χ0n) is 76.3. The summed E-state index contributed by atoms with van der Waals surface area (Å²) in [4.78, 5) is 116. The van der Waals surface area contributed by atoms with Crippen molar-refractivity contribution in [3.8, 4) is 22.5 Å². The Labute approximate surface area is 810 Å². The lowest BCUT2D eigenvalue weighted by Gasteiger charge is -2.35. The van der Waals surface area contributed by atoms with E-state index in [9.17, 15) is 80.6 Å². The van der Waals surface area contributed by atoms with Crippen LogP contribution in [0.25, 0.3) is 22.5 Å². The number of aryl methyl sites for hydroxylation is 4. The van der Waals surface area contributed by atoms with Crippen molar-refractivity contribution in [1.82, 2.24) is 101 Å². The third-order valence-electron chi connectivity index (χ3n) is 20.8. The number of alkyl halides is 12. The van der Waals surface area contributed by atoms with Crippen molar-refractivity contribution in [2.45, 2.75) is 52.4 Å². The number of aromatic nitrogens is 14. The van der Waals surface area contributed by atoms with E-state index in [1.807, 2.05) is 26.0 Å². The molecule has 2 aliphatic heterocycles. The molecule has 4 amide bonds. The van der Waals surface area contributed by atoms with Gasteiger partial charge in [-0.2, -0.15) is 62.7 Å². The maximum absolute atomic E-state index is 14.3. The summed E-state index contributed by atoms with van der Waals surface area (Å²) in [6, 6.07) is 39.6. The van der Waals surface area contributed by atoms with Gasteiger partial charge >= 0.3 is 24.7 Å². The molecule has 0 atom stereocenters. The van der Waals surface area contributed by atoms with Gasteiger partial charge in [-0.3, -0.25) is 82.4 Å². The lowest BCUT2D eigenvalue weighted by Crippen LogP contribution is -2.47. The zero-order chi connectivity index (χ0) is 103. The van der Waals surface area contributed by atoms with Gasteiger partial charge in [0.2, 0.25) is 23.8 Å². The Morgan fingerprint density at radius 2 is 0.722 bits per heavy atom. The fourth-order valence-electron chi connectivity index (χ4n) is 13.8. The number of rotatable bonds is 28. The number of aliphatic hydroxyl groups is 2. The van der Waals surface area contributed by atoms with Crippen molar-refractivity contribution >= 4 is 105 Å². The molecule has 12 heterocycles. The first-order valence-electron chi connectivity index (χ1n) is 43.5. The number of hydrazine groups is 4. The van der Waals surface area contributed by atoms with Crippen LogP contribution in [0.4, 0.5) is 142 Å². The average Bonchev–Trinajstić information content (AvgIpc) is 0.836. The molecule has 0 bridgehead atoms. The monoisotopic (exact) mass is 2000 g/mol. The van der Waals surface area contributed by atoms with Gasteiger partial charge in [0.05, 0.1) is 101 Å². The lowest BCUT2D eigenvalue weighted by molar-refractivity contribution is -0.138. The van der Waals surface area contributed by atoms with Crippen LogP contribution in [-0.2, 0) is 24.7 Å². The summed E-state index contributed by atoms with van der Waals surface area (Å²) in [7, 11) is 0. The molecule has 10 aromatic heterocycles. The molecule has 0 saturated carbocycles. The Morgan fingerprint density at radius 1 is 0.347 bits per heavy atom. The van der Waals surface area contributed by atoms with Gasteiger partial charge in [0.25, 0.3) is 23.6 Å². The van der Waals surface area contributed by atoms with E-state index in [2.05, 4.69) is 149 Å². The van der Waals surface area contributed by atoms with Crippen LogP contribution in [0.15, 0.2) is 232 Å². The Kier molecular flexibility index (Phi) is 34.5. The van der Waals surface area contributed by atoms with Crippen LogP contribution in [-0.4, -0.2) is 192 Å². The number of hydrogen-bond donors (Lipinski definition) is 14. The fraction of sp³-hybridized carbons (Fsp3) is 0.213. The normalized spacial score (nSPS) is 12.8. The van der Waals surface area contributed by atoms with E-state index in [4.69, 9.17) is 10.2 Å². The number of anilines is 14. The average molecular weight is 2000 g/mol. The highest BCUT2D eigenvalue weighted by Gasteiger charge is 2.35. The summed E-state index contributed by atoms with van der Waals surface area (Å²) >= 11 is 0. The molecule has 14 N–H and O–H groups in total. The number of halogens is 14. The Morgan fingerprint density at radius 3 is 1.10 bits per heavy atom. The first kappa shape index (κ1) is 104. The highest BCUT2D eigenvalue weighted by atomic mass is 19.4. The molecule has 2 saturated heterocycles. The van der Waals surface area contributed by atoms with Crippen molar-refractivity contribution in [3.63, 3.8) is 0 Å². The number of pyridine rings is 6. The number of carbonyl (C=O) groups excluding carboxylic acids is 4. The predicted octanol–water partition coefficient (Wildman–Crippen LogP) is 15.4. The third kappa shape index (κ3) is 30.2. The SMILES string of the molecule is Cc1cc(N2CCN(CCO)CC2)nc(NNC(=O)c2ccc(Nc3cccc(C(F)(F)F)c3)cn2)n1.Cc1cncc(-c2cc(C)nc(NNC(=O)c3ccc(Nc4cccc(C(F)(F)F)c4)cn3)n2)c1.Cc1ncccc1-c1nc(NNC(=O)c2ccc(Nc3cccc(C(F)(F)F)c3)cn2)ncc1F.O=C(NNc1ncc(F)c(N2CCN(CCO)CC2)n1)c1ccc(Nc2cccc(C(F)(F)F)c2)cn1. The number of benzene rings is 4. The Hall–Kier alpha value is -17.2. The Bertz CT molecular complexity index is 6750. The van der Waals surface area contributed by atoms with Crippen LogP contribution >= 0.6 is 0 Å². The number of β-amino-alcohol motifs (C(OH)–C–C–N with tert-alkyl or cyclic N) is 2. The highest BCUT2D eigenvalue weighted by molar-refractivity contribution is 5.95. The van der Waals surface area contributed by atoms with Crippen LogP contribution in [0.5, 0.6) is 0 Å². The maximum Gasteiger partial charge on any atom is 0.416 e. The van der Waals surface area contributed by atoms with Gasteiger partial charge in [-0.15, -0.1) is 0 Å². The standard InChI is InChI=1S/C24H27F3N8O2.C24H20F3N7O.C23H24F4N8O2.C23H17F4N7O/c1-16-13-21(35-9-7-34(8-10-35)11-12-36)31-23(29-16)33-32-22(37)20-6-5-19(15-28-20)30-18-4-2-3-17(14-18)24(25,26)27;1-14-8-16(12-28-11-14)21-9-15(2)30-23(32-21)34-33-22(35)20-7-6-19(13-29-20)31-18-5-3-4-17(10-18)24(25,26)27;24-18-14-29-22(31-20(18)35-8-6-34(7-9-35)10-11-36)33-32-21(37)19-5-4-17(13-28-19)30-16-3-1-2-15(12-16)23(25,26)27;1-13-17(6-3-9-28-13)20-18(24)12-30-22(32-20)34-33-21(35)19-8-7-16(11-29-19)31-15-5-2-4-14(10-15)23(25,26)27/h2-6,13-15,30,36H,7-12H2,1H3,(H,32,37)(H,29,31,33);3-13,31H,1-2H3,(H,33,35)(H,30,32,34);1-5,12-14,30,36H,6-11H2,(H,32,37)(H,29,31,33);2-12,31H,1H3,(H,33,35)(H,30,32,34). The van der Waals surface area contributed by atoms with Gasteiger partial charge in [-0.25, -0.2) is 58.6 Å². The molecule has 748 valence electrons. The minimum atomic E-state index is -4.46. The van der Waals surface area contributed by atoms with E-state index in [0.29, 0.717) is 84.7 Å². The smallest absolute Gasteiger partial charge is 0.395 e. The van der Waals surface area contributed by atoms with Gasteiger partial charge in [0.1, 0.15) is 34.3 Å². The van der Waals surface area contributed by atoms with Crippen molar-refractivity contribution in [2.75, 3.05) is 131 Å². The van der Waals surface area contributed by atoms with Crippen molar-refractivity contribution in [3.05, 3.63) is 311 Å². The number of amides is 4. The largest absolute Gasteiger partial charge is 0.416 e. The van der Waals surface area contributed by atoms with Crippen molar-refractivity contribution < 1.29 is 90.9 Å². The van der Waals surface area contributed by atoms with Gasteiger partial charge in [0, 0.05) is 141 Å². The number of carbonyl (C=O) groups is 4. The molecule has 2 fully saturated rings. The van der Waals surface area contributed by atoms with E-state index in [-0.39, 0.29) is 94.0 Å². The van der Waals surface area contributed by atoms with E-state index >= 15 is 0 Å². The topological polar surface area (TPSA) is 447 Å². The van der Waals surface area contributed by atoms with E-state index in [1.54, 1.807) is 61.6 Å². The molecule has 0 unspecified atom stereocenters. The van der Waals surface area contributed by atoms with Crippen LogP contribution in [0, 0.1) is 39.3 Å². The number of piperazine rings is 2. The fourth-order valence-corrected chi connectivity index (χ4v) is 13.8. The quantitative estimate of drug-likeness (QED) is 0.0160. The third-order valence-corrected chi connectivity index (χ3v) is 20.8. The molecule has 2 aliphatic rings. The highest BCUT2D eigenvalue weighted by Crippen LogP contribution is 2.37. The first-order valence-corrected chi connectivity index (χ1v) is 43.5. The number of nitrogens with zero attached hydrogens (tertiary/aromatic N) is 18. The zero-order valence-corrected chi connectivity index (χ0v) is 76.3. The molecule has 144 heavy (non-hydrogen) atoms. The van der Waals surface area contributed by atoms with E-state index in [1.165, 1.54) is 116 Å². The molecule has 0 radical (unpaired) electrons. The van der Waals surface area contributed by atoms with Gasteiger partial charge in [-0.1, -0.05) is 24.3 Å². The lowest BCUT2D eigenvalue weighted by atomic mass is 10.1. The maximum atomic E-state index is 14.3. The Balaban J connectivity index is 0.000000161. The number of nitrogens with one attached hydrogen (secondary N) is 12. The summed E-state index contributed by atoms with van der Waals surface area (Å²) in [5.41, 5.74) is 24.7. The second-order valence-corrected chi connectivity index (χ2v) is 31.5. The number of hydrogen-bond acceptors (Lipinski definition) is 32. The van der Waals surface area contributed by atoms with Gasteiger partial charge in [-0.05, 0) is 179 Å². The van der Waals surface area contributed by atoms with Crippen LogP contribution in [0.3, 0.4) is 0 Å². The number of aliphatic hydroxyl groups excluding tert-OH is 2. The minimum absolute atomic E-state index is 0.0116. The molecule has 0 aliphatic carbocycles. The second-order valence-electron chi connectivity index (χ2n) is 31.5. The molecular weight excluding hydrogens is 1910 g/mol. The van der Waals surface area contributed by atoms with Crippen molar-refractivity contribution in [1.29, 1.82) is 0 Å². The van der Waals surface area contributed by atoms with Crippen molar-refractivity contribution in [2.24, 2.45) is 0 Å². The first-order chi connectivity index (χ1) is 68.8. The van der Waals surface area contributed by atoms with Gasteiger partial charge in [0.15, 0.2) is 17.5 Å². The second kappa shape index (κ2) is 47.7. The van der Waals surface area contributed by atoms with E-state index in [0.717, 1.165) is 110 Å². The molecule has 36 nitrogen and oxygen atoms in total. The molecule has 4 aromatic carbocycles. The molecule has 50 heteroatoms. The predicted molar refractivity (Wildman–Crippen MR) is 505 cm³/mol. The summed E-state index contributed by atoms with van der Waals surface area (Å²) in [6.45, 7) is 14.1. The molecule has 14 aromatic rings. The van der Waals surface area contributed by atoms with Gasteiger partial charge < -0.3 is 41.3 Å². The summed E-state index contributed by atoms with van der Waals surface area (Å²) < 4.78 is 183. The molecule has 0 spiro atoms. The van der Waals surface area contributed by atoms with Crippen LogP contribution in [0.2, 0.25) is 0 Å². The summed E-state index contributed by atoms with van der Waals surface area (Å²) in [5.74, 6) is -2.42. The molecular formula is C94H88F14N30O6.